The van der Waals surface area contributed by atoms with Crippen LogP contribution < -0.4 is 0 Å². The van der Waals surface area contributed by atoms with Gasteiger partial charge in [0.1, 0.15) is 0 Å². The van der Waals surface area contributed by atoms with Crippen LogP contribution >= 0.6 is 0 Å². The molecule has 0 bridgehead atoms. The molecule has 1 nitrogen and oxygen atoms in total. The first-order chi connectivity index (χ1) is 7.15. The summed E-state index contributed by atoms with van der Waals surface area (Å²) in [5, 5.41) is 9.53. The van der Waals surface area contributed by atoms with Gasteiger partial charge in [0.05, 0.1) is 7.45 Å². The van der Waals surface area contributed by atoms with Crippen molar-refractivity contribution >= 4 is 0 Å². The van der Waals surface area contributed by atoms with Gasteiger partial charge in [-0.15, -0.1) is 0 Å². The predicted octanol–water partition coefficient (Wildman–Crippen LogP) is 1.31. The zero-order valence-corrected chi connectivity index (χ0v) is 3.52. The van der Waals surface area contributed by atoms with E-state index >= 15 is 0 Å². The van der Waals surface area contributed by atoms with Gasteiger partial charge in [-0.1, -0.05) is 19.1 Å². The van der Waals surface area contributed by atoms with E-state index in [9.17, 15) is 5.11 Å². The first-order valence-electron chi connectivity index (χ1n) is 6.88. The molecule has 1 fully saturated rings. The summed E-state index contributed by atoms with van der Waals surface area (Å²) in [4.78, 5) is 0. The SMILES string of the molecule is [2H]C1C([2H])([2H])C([2H])([2H])C([2H])([2H])C([2H])([2H])C1([2H])O. The molecular weight excluding hydrogens is 88.1 g/mol. The van der Waals surface area contributed by atoms with Gasteiger partial charge in [0, 0.05) is 12.3 Å². The lowest BCUT2D eigenvalue weighted by atomic mass is 9.98. The molecule has 7 heavy (non-hydrogen) atoms. The second-order valence-electron chi connectivity index (χ2n) is 1.05. The second-order valence-corrected chi connectivity index (χ2v) is 1.05. The van der Waals surface area contributed by atoms with Gasteiger partial charge in [-0.05, 0) is 12.8 Å². The average Bonchev–Trinajstić information content (AvgIpc) is 2.13. The highest BCUT2D eigenvalue weighted by molar-refractivity contribution is 4.61. The van der Waals surface area contributed by atoms with Crippen LogP contribution in [0.4, 0.5) is 0 Å². The van der Waals surface area contributed by atoms with Crippen LogP contribution in [0.3, 0.4) is 0 Å². The molecule has 1 aliphatic carbocycles. The fourth-order valence-corrected chi connectivity index (χ4v) is 0.272. The highest BCUT2D eigenvalue weighted by atomic mass is 16.3. The lowest BCUT2D eigenvalue weighted by Crippen LogP contribution is -2.09. The Morgan fingerprint density at radius 3 is 3.29 bits per heavy atom. The van der Waals surface area contributed by atoms with Crippen LogP contribution in [0, 0.1) is 0 Å². The van der Waals surface area contributed by atoms with Crippen LogP contribution in [0.5, 0.6) is 0 Å². The van der Waals surface area contributed by atoms with E-state index < -0.39 is 38.0 Å². The van der Waals surface area contributed by atoms with Crippen molar-refractivity contribution in [1.29, 1.82) is 0 Å². The van der Waals surface area contributed by atoms with E-state index in [2.05, 4.69) is 0 Å². The lowest BCUT2D eigenvalue weighted by Gasteiger charge is -2.14. The maximum absolute atomic E-state index is 9.53. The fourth-order valence-electron chi connectivity index (χ4n) is 0.272. The standard InChI is InChI=1S/C6H12O/c7-6-4-2-1-3-5-6/h6-7H,1-5H2/i1D2,2D2,3D2,4D,5D2,6D. The van der Waals surface area contributed by atoms with E-state index in [4.69, 9.17) is 13.7 Å². The summed E-state index contributed by atoms with van der Waals surface area (Å²) in [6.45, 7) is 0. The molecule has 0 saturated heterocycles. The van der Waals surface area contributed by atoms with Crippen LogP contribution in [0.15, 0.2) is 0 Å². The molecular formula is C6H12O. The smallest absolute Gasteiger partial charge is 0.0600 e. The Balaban J connectivity index is 3.56. The molecule has 0 amide bonds. The van der Waals surface area contributed by atoms with E-state index in [0.717, 1.165) is 0 Å². The minimum atomic E-state index is -3.45. The Labute approximate surface area is 58.4 Å². The zero-order chi connectivity index (χ0) is 14.1. The van der Waals surface area contributed by atoms with Gasteiger partial charge >= 0.3 is 0 Å². The van der Waals surface area contributed by atoms with Gasteiger partial charge < -0.3 is 5.11 Å². The van der Waals surface area contributed by atoms with Crippen LogP contribution in [0.25, 0.3) is 0 Å². The normalized spacial score (nSPS) is 104. The summed E-state index contributed by atoms with van der Waals surface area (Å²) in [7, 11) is 0. The molecule has 0 heterocycles. The van der Waals surface area contributed by atoms with E-state index in [0.29, 0.717) is 0 Å². The van der Waals surface area contributed by atoms with Crippen molar-refractivity contribution in [3.05, 3.63) is 0 Å². The minimum absolute atomic E-state index is 2.47. The molecule has 0 spiro atoms. The third kappa shape index (κ3) is 1.48. The quantitative estimate of drug-likeness (QED) is 0.498. The molecule has 0 aliphatic heterocycles. The summed E-state index contributed by atoms with van der Waals surface area (Å²) in [6.07, 6.45) is -19.3. The summed E-state index contributed by atoms with van der Waals surface area (Å²) in [6, 6.07) is 0. The molecule has 42 valence electrons. The van der Waals surface area contributed by atoms with Crippen molar-refractivity contribution in [3.8, 4) is 0 Å². The van der Waals surface area contributed by atoms with Gasteiger partial charge in [0.15, 0.2) is 0 Å². The largest absolute Gasteiger partial charge is 0.393 e. The van der Waals surface area contributed by atoms with Gasteiger partial charge in [0.2, 0.25) is 0 Å². The van der Waals surface area contributed by atoms with E-state index in [1.54, 1.807) is 0 Å². The highest BCUT2D eigenvalue weighted by Crippen LogP contribution is 2.16. The summed E-state index contributed by atoms with van der Waals surface area (Å²) < 4.78 is 73.3. The van der Waals surface area contributed by atoms with E-state index in [-0.39, 0.29) is 0 Å². The molecule has 1 N–H and O–H groups in total. The van der Waals surface area contributed by atoms with E-state index in [1.165, 1.54) is 0 Å². The summed E-state index contributed by atoms with van der Waals surface area (Å²) >= 11 is 0. The maximum atomic E-state index is 9.53. The Morgan fingerprint density at radius 2 is 2.43 bits per heavy atom. The predicted molar refractivity (Wildman–Crippen MR) is 29.1 cm³/mol. The molecule has 2 unspecified atom stereocenters. The molecule has 1 heteroatoms. The van der Waals surface area contributed by atoms with Crippen LogP contribution in [-0.4, -0.2) is 11.2 Å². The van der Waals surface area contributed by atoms with Crippen molar-refractivity contribution in [2.24, 2.45) is 0 Å². The van der Waals surface area contributed by atoms with Crippen molar-refractivity contribution in [1.82, 2.24) is 0 Å². The van der Waals surface area contributed by atoms with Crippen molar-refractivity contribution in [2.75, 3.05) is 0 Å². The third-order valence-corrected chi connectivity index (χ3v) is 0.534. The highest BCUT2D eigenvalue weighted by Gasteiger charge is 2.07. The molecule has 0 aromatic rings. The maximum Gasteiger partial charge on any atom is 0.0600 e. The van der Waals surface area contributed by atoms with Gasteiger partial charge in [-0.2, -0.15) is 0 Å². The molecule has 0 aromatic carbocycles. The molecule has 1 rings (SSSR count). The van der Waals surface area contributed by atoms with Crippen LogP contribution in [-0.2, 0) is 0 Å². The average molecular weight is 110 g/mol. The number of hydrogen-bond acceptors (Lipinski definition) is 1. The Hall–Kier alpha value is -0.0400. The number of aliphatic hydroxyl groups is 1. The van der Waals surface area contributed by atoms with Gasteiger partial charge in [0.25, 0.3) is 0 Å². The number of rotatable bonds is 0. The van der Waals surface area contributed by atoms with Crippen LogP contribution in [0.2, 0.25) is 0 Å². The van der Waals surface area contributed by atoms with Crippen molar-refractivity contribution in [3.63, 3.8) is 0 Å². The first-order valence-corrected chi connectivity index (χ1v) is 1.80. The lowest BCUT2D eigenvalue weighted by molar-refractivity contribution is 0.130. The Morgan fingerprint density at radius 1 is 1.57 bits per heavy atom. The molecule has 0 aromatic heterocycles. The first kappa shape index (κ1) is 0.860. The summed E-state index contributed by atoms with van der Waals surface area (Å²) in [5.41, 5.74) is 0. The third-order valence-electron chi connectivity index (χ3n) is 0.534. The van der Waals surface area contributed by atoms with Gasteiger partial charge in [-0.3, -0.25) is 0 Å². The van der Waals surface area contributed by atoms with E-state index in [1.807, 2.05) is 0 Å². The second kappa shape index (κ2) is 2.31. The minimum Gasteiger partial charge on any atom is -0.393 e. The zero-order valence-electron chi connectivity index (χ0n) is 13.5. The van der Waals surface area contributed by atoms with Crippen LogP contribution in [0.1, 0.15) is 45.6 Å². The topological polar surface area (TPSA) is 20.2 Å². The fraction of sp³-hybridized carbons (Fsp3) is 1.00. The number of hydrogen-bond donors (Lipinski definition) is 1. The Bertz CT molecular complexity index is 304. The molecule has 1 saturated carbocycles. The van der Waals surface area contributed by atoms with Crippen molar-refractivity contribution < 1.29 is 18.8 Å². The Kier molecular flexibility index (Phi) is 0.284. The molecule has 0 radical (unpaired) electrons. The summed E-state index contributed by atoms with van der Waals surface area (Å²) in [5.74, 6) is 0. The molecule has 1 aliphatic rings. The monoisotopic (exact) mass is 110 g/mol. The molecule has 2 atom stereocenters. The van der Waals surface area contributed by atoms with Gasteiger partial charge in [-0.25, -0.2) is 0 Å². The van der Waals surface area contributed by atoms with Crippen molar-refractivity contribution in [2.45, 2.75) is 38.0 Å².